The summed E-state index contributed by atoms with van der Waals surface area (Å²) in [5, 5.41) is 18.3. The summed E-state index contributed by atoms with van der Waals surface area (Å²) in [4.78, 5) is 37.4. The molecule has 2 heterocycles. The minimum absolute atomic E-state index is 0.0751. The van der Waals surface area contributed by atoms with Crippen molar-refractivity contribution < 1.29 is 14.7 Å². The molecular weight excluding hydrogens is 256 g/mol. The SMILES string of the molecule is O=C(O)Cn1cc(CNC(=O)c2c[nH]c(=O)[nH]2)nn1. The van der Waals surface area contributed by atoms with Gasteiger partial charge in [-0.3, -0.25) is 9.59 Å². The molecule has 1 amide bonds. The molecular formula is C9H10N6O4. The topological polar surface area (TPSA) is 146 Å². The van der Waals surface area contributed by atoms with Crippen LogP contribution in [-0.2, 0) is 17.9 Å². The molecule has 0 aliphatic carbocycles. The number of carbonyl (C=O) groups excluding carboxylic acids is 1. The van der Waals surface area contributed by atoms with Crippen LogP contribution in [0.25, 0.3) is 0 Å². The zero-order valence-corrected chi connectivity index (χ0v) is 9.58. The standard InChI is InChI=1S/C9H10N6O4/c16-7(17)4-15-3-5(13-14-15)1-10-8(18)6-2-11-9(19)12-6/h2-3H,1,4H2,(H,10,18)(H,16,17)(H2,11,12,19). The number of carbonyl (C=O) groups is 2. The van der Waals surface area contributed by atoms with Crippen molar-refractivity contribution in [3.8, 4) is 0 Å². The fourth-order valence-corrected chi connectivity index (χ4v) is 1.36. The lowest BCUT2D eigenvalue weighted by Gasteiger charge is -1.99. The van der Waals surface area contributed by atoms with E-state index in [1.165, 1.54) is 12.4 Å². The summed E-state index contributed by atoms with van der Waals surface area (Å²) >= 11 is 0. The van der Waals surface area contributed by atoms with Crippen LogP contribution in [0.4, 0.5) is 0 Å². The Morgan fingerprint density at radius 2 is 2.26 bits per heavy atom. The molecule has 0 aliphatic heterocycles. The molecule has 0 spiro atoms. The average molecular weight is 266 g/mol. The molecule has 0 aliphatic rings. The smallest absolute Gasteiger partial charge is 0.325 e. The van der Waals surface area contributed by atoms with Gasteiger partial charge in [0.15, 0.2) is 0 Å². The number of nitrogens with zero attached hydrogens (tertiary/aromatic N) is 3. The number of imidazole rings is 1. The first-order valence-electron chi connectivity index (χ1n) is 5.21. The van der Waals surface area contributed by atoms with E-state index in [9.17, 15) is 14.4 Å². The van der Waals surface area contributed by atoms with Crippen LogP contribution in [-0.4, -0.2) is 41.9 Å². The van der Waals surface area contributed by atoms with E-state index in [0.717, 1.165) is 4.68 Å². The number of amides is 1. The molecule has 0 unspecified atom stereocenters. The van der Waals surface area contributed by atoms with Crippen LogP contribution in [0.3, 0.4) is 0 Å². The quantitative estimate of drug-likeness (QED) is 0.508. The normalized spacial score (nSPS) is 10.3. The Hall–Kier alpha value is -2.91. The molecule has 4 N–H and O–H groups in total. The van der Waals surface area contributed by atoms with E-state index >= 15 is 0 Å². The third-order valence-corrected chi connectivity index (χ3v) is 2.15. The Labute approximate surface area is 105 Å². The second kappa shape index (κ2) is 5.16. The maximum Gasteiger partial charge on any atom is 0.325 e. The lowest BCUT2D eigenvalue weighted by atomic mass is 10.4. The molecule has 100 valence electrons. The highest BCUT2D eigenvalue weighted by Gasteiger charge is 2.09. The highest BCUT2D eigenvalue weighted by molar-refractivity contribution is 5.91. The van der Waals surface area contributed by atoms with Gasteiger partial charge in [-0.05, 0) is 0 Å². The fraction of sp³-hybridized carbons (Fsp3) is 0.222. The first-order valence-corrected chi connectivity index (χ1v) is 5.21. The summed E-state index contributed by atoms with van der Waals surface area (Å²) in [6.45, 7) is -0.224. The average Bonchev–Trinajstić information content (AvgIpc) is 2.94. The number of hydrogen-bond acceptors (Lipinski definition) is 5. The summed E-state index contributed by atoms with van der Waals surface area (Å²) in [5.74, 6) is -1.52. The maximum absolute atomic E-state index is 11.6. The number of aromatic nitrogens is 5. The first-order chi connectivity index (χ1) is 9.04. The van der Waals surface area contributed by atoms with Gasteiger partial charge < -0.3 is 20.4 Å². The molecule has 2 aromatic rings. The highest BCUT2D eigenvalue weighted by atomic mass is 16.4. The van der Waals surface area contributed by atoms with Crippen LogP contribution in [0.5, 0.6) is 0 Å². The molecule has 0 atom stereocenters. The Morgan fingerprint density at radius 3 is 2.89 bits per heavy atom. The minimum atomic E-state index is -1.04. The second-order valence-corrected chi connectivity index (χ2v) is 3.64. The lowest BCUT2D eigenvalue weighted by molar-refractivity contribution is -0.137. The van der Waals surface area contributed by atoms with Gasteiger partial charge in [0, 0.05) is 6.20 Å². The van der Waals surface area contributed by atoms with Crippen LogP contribution >= 0.6 is 0 Å². The number of carboxylic acids is 1. The van der Waals surface area contributed by atoms with E-state index in [0.29, 0.717) is 5.69 Å². The molecule has 0 radical (unpaired) electrons. The number of rotatable bonds is 5. The van der Waals surface area contributed by atoms with Crippen molar-refractivity contribution in [2.24, 2.45) is 0 Å². The van der Waals surface area contributed by atoms with Crippen LogP contribution in [0.15, 0.2) is 17.2 Å². The first kappa shape index (κ1) is 12.5. The third-order valence-electron chi connectivity index (χ3n) is 2.15. The van der Waals surface area contributed by atoms with Crippen molar-refractivity contribution in [2.75, 3.05) is 0 Å². The monoisotopic (exact) mass is 266 g/mol. The highest BCUT2D eigenvalue weighted by Crippen LogP contribution is 1.94. The van der Waals surface area contributed by atoms with E-state index < -0.39 is 17.6 Å². The van der Waals surface area contributed by atoms with Crippen LogP contribution in [0, 0.1) is 0 Å². The molecule has 2 aromatic heterocycles. The lowest BCUT2D eigenvalue weighted by Crippen LogP contribution is -2.24. The minimum Gasteiger partial charge on any atom is -0.480 e. The molecule has 0 saturated carbocycles. The Morgan fingerprint density at radius 1 is 1.47 bits per heavy atom. The molecule has 2 rings (SSSR count). The van der Waals surface area contributed by atoms with Crippen molar-refractivity contribution >= 4 is 11.9 Å². The van der Waals surface area contributed by atoms with E-state index in [-0.39, 0.29) is 18.8 Å². The van der Waals surface area contributed by atoms with E-state index in [4.69, 9.17) is 5.11 Å². The predicted molar refractivity (Wildman–Crippen MR) is 60.2 cm³/mol. The maximum atomic E-state index is 11.6. The van der Waals surface area contributed by atoms with Crippen molar-refractivity contribution in [3.63, 3.8) is 0 Å². The number of nitrogens with one attached hydrogen (secondary N) is 3. The van der Waals surface area contributed by atoms with Crippen LogP contribution in [0.1, 0.15) is 16.2 Å². The van der Waals surface area contributed by atoms with Crippen LogP contribution in [0.2, 0.25) is 0 Å². The number of aliphatic carboxylic acids is 1. The van der Waals surface area contributed by atoms with Gasteiger partial charge in [-0.25, -0.2) is 9.48 Å². The van der Waals surface area contributed by atoms with E-state index in [1.54, 1.807) is 0 Å². The Bertz CT molecular complexity index is 653. The van der Waals surface area contributed by atoms with Crippen molar-refractivity contribution in [2.45, 2.75) is 13.1 Å². The Kier molecular flexibility index (Phi) is 3.41. The number of aromatic amines is 2. The molecule has 0 saturated heterocycles. The third kappa shape index (κ3) is 3.28. The van der Waals surface area contributed by atoms with Gasteiger partial charge in [-0.15, -0.1) is 5.10 Å². The molecule has 0 fully saturated rings. The number of hydrogen-bond donors (Lipinski definition) is 4. The summed E-state index contributed by atoms with van der Waals surface area (Å²) in [6.07, 6.45) is 2.66. The molecule has 0 aromatic carbocycles. The summed E-state index contributed by atoms with van der Waals surface area (Å²) in [7, 11) is 0. The van der Waals surface area contributed by atoms with Gasteiger partial charge in [0.1, 0.15) is 17.9 Å². The second-order valence-electron chi connectivity index (χ2n) is 3.64. The molecule has 0 bridgehead atoms. The molecule has 10 nitrogen and oxygen atoms in total. The number of H-pyrrole nitrogens is 2. The van der Waals surface area contributed by atoms with Gasteiger partial charge in [0.25, 0.3) is 5.91 Å². The zero-order valence-electron chi connectivity index (χ0n) is 9.58. The molecule has 10 heteroatoms. The summed E-state index contributed by atoms with van der Waals surface area (Å²) < 4.78 is 1.14. The predicted octanol–water partition coefficient (Wildman–Crippen LogP) is -1.69. The van der Waals surface area contributed by atoms with Crippen LogP contribution < -0.4 is 11.0 Å². The Balaban J connectivity index is 1.91. The van der Waals surface area contributed by atoms with Gasteiger partial charge in [-0.1, -0.05) is 5.21 Å². The van der Waals surface area contributed by atoms with Gasteiger partial charge in [0.05, 0.1) is 12.7 Å². The largest absolute Gasteiger partial charge is 0.480 e. The summed E-state index contributed by atoms with van der Waals surface area (Å²) in [6, 6.07) is 0. The van der Waals surface area contributed by atoms with Gasteiger partial charge in [-0.2, -0.15) is 0 Å². The van der Waals surface area contributed by atoms with Crippen molar-refractivity contribution in [3.05, 3.63) is 34.3 Å². The van der Waals surface area contributed by atoms with E-state index in [2.05, 4.69) is 25.6 Å². The zero-order chi connectivity index (χ0) is 13.8. The summed E-state index contributed by atoms with van der Waals surface area (Å²) in [5.41, 5.74) is 0.0352. The van der Waals surface area contributed by atoms with Gasteiger partial charge in [0.2, 0.25) is 0 Å². The molecule has 19 heavy (non-hydrogen) atoms. The van der Waals surface area contributed by atoms with Gasteiger partial charge >= 0.3 is 11.7 Å². The van der Waals surface area contributed by atoms with Crippen molar-refractivity contribution in [1.82, 2.24) is 30.3 Å². The fourth-order valence-electron chi connectivity index (χ4n) is 1.36. The van der Waals surface area contributed by atoms with E-state index in [1.807, 2.05) is 0 Å². The van der Waals surface area contributed by atoms with Crippen molar-refractivity contribution in [1.29, 1.82) is 0 Å². The number of carboxylic acid groups (broad SMARTS) is 1.